The average molecular weight is 323 g/mol. The van der Waals surface area contributed by atoms with Crippen LogP contribution in [-0.2, 0) is 15.1 Å². The smallest absolute Gasteiger partial charge is 0.246 e. The number of furan rings is 1. The summed E-state index contributed by atoms with van der Waals surface area (Å²) in [5.74, 6) is 1.74. The molecule has 0 aliphatic heterocycles. The van der Waals surface area contributed by atoms with Gasteiger partial charge in [-0.3, -0.25) is 4.79 Å². The van der Waals surface area contributed by atoms with Gasteiger partial charge in [-0.1, -0.05) is 19.8 Å². The molecule has 5 heteroatoms. The lowest BCUT2D eigenvalue weighted by molar-refractivity contribution is -0.130. The zero-order chi connectivity index (χ0) is 17.0. The van der Waals surface area contributed by atoms with E-state index in [9.17, 15) is 9.90 Å². The number of ether oxygens (including phenoxy) is 1. The predicted octanol–water partition coefficient (Wildman–Crippen LogP) is 2.82. The molecule has 1 aliphatic rings. The van der Waals surface area contributed by atoms with Gasteiger partial charge in [-0.15, -0.1) is 0 Å². The minimum atomic E-state index is -1.16. The standard InChI is InChI=1S/C18H29NO4/c1-12-7-5-6-8-16(12)22-10-17(20)19-11-18(4,21)15-9-13(2)23-14(15)3/h9,12,16,21H,5-8,10-11H2,1-4H3,(H,19,20). The maximum Gasteiger partial charge on any atom is 0.246 e. The number of aliphatic hydroxyl groups is 1. The van der Waals surface area contributed by atoms with Crippen LogP contribution < -0.4 is 5.32 Å². The van der Waals surface area contributed by atoms with Gasteiger partial charge in [0.1, 0.15) is 23.7 Å². The molecule has 1 aromatic heterocycles. The number of aryl methyl sites for hydroxylation is 2. The highest BCUT2D eigenvalue weighted by Crippen LogP contribution is 2.27. The zero-order valence-electron chi connectivity index (χ0n) is 14.6. The highest BCUT2D eigenvalue weighted by Gasteiger charge is 2.28. The van der Waals surface area contributed by atoms with Gasteiger partial charge in [-0.2, -0.15) is 0 Å². The molecule has 130 valence electrons. The molecule has 1 heterocycles. The van der Waals surface area contributed by atoms with Crippen LogP contribution in [0.4, 0.5) is 0 Å². The van der Waals surface area contributed by atoms with Gasteiger partial charge in [0, 0.05) is 5.56 Å². The first-order valence-corrected chi connectivity index (χ1v) is 8.48. The van der Waals surface area contributed by atoms with Crippen molar-refractivity contribution in [1.29, 1.82) is 0 Å². The van der Waals surface area contributed by atoms with E-state index >= 15 is 0 Å². The molecule has 0 aromatic carbocycles. The minimum absolute atomic E-state index is 0.0501. The zero-order valence-corrected chi connectivity index (χ0v) is 14.6. The molecule has 2 rings (SSSR count). The monoisotopic (exact) mass is 323 g/mol. The Balaban J connectivity index is 1.80. The first kappa shape index (κ1) is 18.0. The van der Waals surface area contributed by atoms with Crippen molar-refractivity contribution < 1.29 is 19.1 Å². The number of nitrogens with one attached hydrogen (secondary N) is 1. The predicted molar refractivity (Wildman–Crippen MR) is 88.1 cm³/mol. The molecular formula is C18H29NO4. The lowest BCUT2D eigenvalue weighted by Crippen LogP contribution is -2.41. The summed E-state index contributed by atoms with van der Waals surface area (Å²) in [5, 5.41) is 13.3. The Kier molecular flexibility index (Phi) is 5.87. The van der Waals surface area contributed by atoms with Crippen LogP contribution in [0.3, 0.4) is 0 Å². The fourth-order valence-corrected chi connectivity index (χ4v) is 3.30. The van der Waals surface area contributed by atoms with Gasteiger partial charge in [-0.25, -0.2) is 0 Å². The Labute approximate surface area is 138 Å². The van der Waals surface area contributed by atoms with E-state index in [4.69, 9.17) is 9.15 Å². The van der Waals surface area contributed by atoms with Crippen LogP contribution in [0.15, 0.2) is 10.5 Å². The Bertz CT molecular complexity index is 535. The van der Waals surface area contributed by atoms with Crippen molar-refractivity contribution in [3.05, 3.63) is 23.2 Å². The Hall–Kier alpha value is -1.33. The molecule has 3 unspecified atom stereocenters. The van der Waals surface area contributed by atoms with E-state index in [1.165, 1.54) is 19.3 Å². The van der Waals surface area contributed by atoms with Crippen molar-refractivity contribution in [3.63, 3.8) is 0 Å². The Morgan fingerprint density at radius 2 is 2.13 bits per heavy atom. The van der Waals surface area contributed by atoms with Crippen LogP contribution in [0.5, 0.6) is 0 Å². The maximum atomic E-state index is 12.0. The Morgan fingerprint density at radius 1 is 1.43 bits per heavy atom. The van der Waals surface area contributed by atoms with Crippen molar-refractivity contribution >= 4 is 5.91 Å². The number of hydrogen-bond donors (Lipinski definition) is 2. The number of carbonyl (C=O) groups is 1. The summed E-state index contributed by atoms with van der Waals surface area (Å²) in [5.41, 5.74) is -0.451. The molecule has 1 aliphatic carbocycles. The van der Waals surface area contributed by atoms with Crippen molar-refractivity contribution in [2.45, 2.75) is 65.1 Å². The first-order valence-electron chi connectivity index (χ1n) is 8.48. The van der Waals surface area contributed by atoms with Crippen molar-refractivity contribution in [1.82, 2.24) is 5.32 Å². The molecule has 23 heavy (non-hydrogen) atoms. The summed E-state index contributed by atoms with van der Waals surface area (Å²) in [6.07, 6.45) is 4.79. The summed E-state index contributed by atoms with van der Waals surface area (Å²) < 4.78 is 11.2. The molecule has 1 saturated carbocycles. The fraction of sp³-hybridized carbons (Fsp3) is 0.722. The molecule has 0 radical (unpaired) electrons. The number of amides is 1. The lowest BCUT2D eigenvalue weighted by atomic mass is 9.88. The maximum absolute atomic E-state index is 12.0. The summed E-state index contributed by atoms with van der Waals surface area (Å²) in [7, 11) is 0. The van der Waals surface area contributed by atoms with E-state index in [-0.39, 0.29) is 25.2 Å². The van der Waals surface area contributed by atoms with Crippen LogP contribution in [0, 0.1) is 19.8 Å². The van der Waals surface area contributed by atoms with E-state index in [1.807, 2.05) is 19.9 Å². The SMILES string of the molecule is Cc1cc(C(C)(O)CNC(=O)COC2CCCCC2C)c(C)o1. The molecule has 0 spiro atoms. The van der Waals surface area contributed by atoms with Crippen LogP contribution in [-0.4, -0.2) is 30.3 Å². The van der Waals surface area contributed by atoms with Gasteiger partial charge >= 0.3 is 0 Å². The number of carbonyl (C=O) groups excluding carboxylic acids is 1. The van der Waals surface area contributed by atoms with Gasteiger partial charge in [0.25, 0.3) is 0 Å². The van der Waals surface area contributed by atoms with Crippen LogP contribution >= 0.6 is 0 Å². The second-order valence-electron chi connectivity index (χ2n) is 6.99. The van der Waals surface area contributed by atoms with E-state index in [0.29, 0.717) is 17.2 Å². The summed E-state index contributed by atoms with van der Waals surface area (Å²) in [6.45, 7) is 7.69. The topological polar surface area (TPSA) is 71.7 Å². The quantitative estimate of drug-likeness (QED) is 0.844. The van der Waals surface area contributed by atoms with Crippen molar-refractivity contribution in [2.75, 3.05) is 13.2 Å². The molecule has 1 aromatic rings. The lowest BCUT2D eigenvalue weighted by Gasteiger charge is -2.29. The third kappa shape index (κ3) is 4.82. The normalized spacial score (nSPS) is 24.2. The molecule has 5 nitrogen and oxygen atoms in total. The first-order chi connectivity index (χ1) is 10.8. The molecule has 1 amide bonds. The summed E-state index contributed by atoms with van der Waals surface area (Å²) in [6, 6.07) is 1.81. The molecular weight excluding hydrogens is 294 g/mol. The van der Waals surface area contributed by atoms with Gasteiger partial charge in [-0.05, 0) is 45.6 Å². The van der Waals surface area contributed by atoms with E-state index in [0.717, 1.165) is 12.2 Å². The minimum Gasteiger partial charge on any atom is -0.466 e. The Morgan fingerprint density at radius 3 is 2.74 bits per heavy atom. The van der Waals surface area contributed by atoms with E-state index in [1.54, 1.807) is 6.92 Å². The number of hydrogen-bond acceptors (Lipinski definition) is 4. The third-order valence-corrected chi connectivity index (χ3v) is 4.71. The van der Waals surface area contributed by atoms with Crippen LogP contribution in [0.25, 0.3) is 0 Å². The van der Waals surface area contributed by atoms with Gasteiger partial charge in [0.2, 0.25) is 5.91 Å². The third-order valence-electron chi connectivity index (χ3n) is 4.71. The molecule has 0 saturated heterocycles. The van der Waals surface area contributed by atoms with Gasteiger partial charge < -0.3 is 19.6 Å². The van der Waals surface area contributed by atoms with E-state index in [2.05, 4.69) is 12.2 Å². The highest BCUT2D eigenvalue weighted by molar-refractivity contribution is 5.77. The second-order valence-corrected chi connectivity index (χ2v) is 6.99. The van der Waals surface area contributed by atoms with Crippen molar-refractivity contribution in [2.24, 2.45) is 5.92 Å². The van der Waals surface area contributed by atoms with Gasteiger partial charge in [0.05, 0.1) is 12.6 Å². The largest absolute Gasteiger partial charge is 0.466 e. The van der Waals surface area contributed by atoms with Crippen molar-refractivity contribution in [3.8, 4) is 0 Å². The van der Waals surface area contributed by atoms with Gasteiger partial charge in [0.15, 0.2) is 0 Å². The summed E-state index contributed by atoms with van der Waals surface area (Å²) in [4.78, 5) is 12.0. The average Bonchev–Trinajstić information content (AvgIpc) is 2.84. The van der Waals surface area contributed by atoms with Crippen LogP contribution in [0.1, 0.15) is 56.6 Å². The summed E-state index contributed by atoms with van der Waals surface area (Å²) >= 11 is 0. The fourth-order valence-electron chi connectivity index (χ4n) is 3.30. The molecule has 0 bridgehead atoms. The van der Waals surface area contributed by atoms with E-state index < -0.39 is 5.60 Å². The molecule has 3 atom stereocenters. The number of rotatable bonds is 6. The second kappa shape index (κ2) is 7.49. The highest BCUT2D eigenvalue weighted by atomic mass is 16.5. The molecule has 1 fully saturated rings. The molecule has 2 N–H and O–H groups in total. The van der Waals surface area contributed by atoms with Crippen LogP contribution in [0.2, 0.25) is 0 Å².